The zero-order valence-corrected chi connectivity index (χ0v) is 11.0. The molecule has 0 radical (unpaired) electrons. The Morgan fingerprint density at radius 2 is 1.65 bits per heavy atom. The molecule has 0 bridgehead atoms. The molecule has 0 aliphatic carbocycles. The number of hydrogen-bond donors (Lipinski definition) is 2. The molecule has 17 heavy (non-hydrogen) atoms. The van der Waals surface area contributed by atoms with Crippen molar-refractivity contribution in [3.05, 3.63) is 34.6 Å². The summed E-state index contributed by atoms with van der Waals surface area (Å²) < 4.78 is 13.8. The fraction of sp³-hybridized carbons (Fsp3) is 0.571. The smallest absolute Gasteiger partial charge is 0.126 e. The van der Waals surface area contributed by atoms with Crippen molar-refractivity contribution < 1.29 is 4.39 Å². The van der Waals surface area contributed by atoms with Gasteiger partial charge in [-0.1, -0.05) is 13.0 Å². The van der Waals surface area contributed by atoms with Gasteiger partial charge in [0.05, 0.1) is 0 Å². The lowest BCUT2D eigenvalue weighted by molar-refractivity contribution is 0.368. The number of benzene rings is 1. The normalized spacial score (nSPS) is 13.1. The molecule has 2 nitrogen and oxygen atoms in total. The highest BCUT2D eigenvalue weighted by atomic mass is 19.1. The molecule has 0 aliphatic heterocycles. The van der Waals surface area contributed by atoms with Gasteiger partial charge in [-0.25, -0.2) is 4.39 Å². The molecule has 0 fully saturated rings. The fourth-order valence-corrected chi connectivity index (χ4v) is 2.07. The number of hydrogen-bond acceptors (Lipinski definition) is 2. The second-order valence-corrected chi connectivity index (χ2v) is 4.94. The molecule has 1 unspecified atom stereocenters. The molecule has 0 amide bonds. The third-order valence-corrected chi connectivity index (χ3v) is 3.61. The van der Waals surface area contributed by atoms with Gasteiger partial charge in [-0.05, 0) is 68.0 Å². The topological polar surface area (TPSA) is 52.0 Å². The number of aryl methyl sites for hydroxylation is 2. The lowest BCUT2D eigenvalue weighted by Gasteiger charge is -2.21. The van der Waals surface area contributed by atoms with E-state index < -0.39 is 0 Å². The van der Waals surface area contributed by atoms with Gasteiger partial charge in [0.1, 0.15) is 5.82 Å². The van der Waals surface area contributed by atoms with Crippen molar-refractivity contribution in [2.24, 2.45) is 23.3 Å². The van der Waals surface area contributed by atoms with Crippen molar-refractivity contribution in [1.29, 1.82) is 0 Å². The van der Waals surface area contributed by atoms with Crippen molar-refractivity contribution >= 4 is 0 Å². The highest BCUT2D eigenvalue weighted by Gasteiger charge is 2.16. The fourth-order valence-electron chi connectivity index (χ4n) is 2.07. The van der Waals surface area contributed by atoms with Crippen LogP contribution in [0.15, 0.2) is 12.1 Å². The first-order valence-corrected chi connectivity index (χ1v) is 6.15. The average Bonchev–Trinajstić information content (AvgIpc) is 2.27. The predicted octanol–water partition coefficient (Wildman–Crippen LogP) is 2.15. The monoisotopic (exact) mass is 238 g/mol. The quantitative estimate of drug-likeness (QED) is 0.826. The third-order valence-electron chi connectivity index (χ3n) is 3.61. The van der Waals surface area contributed by atoms with E-state index >= 15 is 0 Å². The Morgan fingerprint density at radius 3 is 2.18 bits per heavy atom. The predicted molar refractivity (Wildman–Crippen MR) is 70.3 cm³/mol. The molecule has 0 aromatic heterocycles. The summed E-state index contributed by atoms with van der Waals surface area (Å²) in [4.78, 5) is 0. The Bertz CT molecular complexity index is 373. The summed E-state index contributed by atoms with van der Waals surface area (Å²) in [5.41, 5.74) is 14.2. The van der Waals surface area contributed by atoms with Crippen LogP contribution in [0.25, 0.3) is 0 Å². The van der Waals surface area contributed by atoms with Gasteiger partial charge >= 0.3 is 0 Å². The van der Waals surface area contributed by atoms with Crippen LogP contribution in [-0.4, -0.2) is 13.1 Å². The van der Waals surface area contributed by atoms with E-state index in [-0.39, 0.29) is 11.7 Å². The Labute approximate surface area is 103 Å². The lowest BCUT2D eigenvalue weighted by Crippen LogP contribution is -2.30. The first kappa shape index (κ1) is 14.1. The molecule has 3 heteroatoms. The number of rotatable bonds is 5. The summed E-state index contributed by atoms with van der Waals surface area (Å²) >= 11 is 0. The van der Waals surface area contributed by atoms with Crippen LogP contribution in [0, 0.1) is 31.5 Å². The summed E-state index contributed by atoms with van der Waals surface area (Å²) in [6.45, 7) is 7.13. The Morgan fingerprint density at radius 1 is 1.12 bits per heavy atom. The zero-order chi connectivity index (χ0) is 13.0. The zero-order valence-electron chi connectivity index (χ0n) is 11.0. The van der Waals surface area contributed by atoms with E-state index in [9.17, 15) is 4.39 Å². The first-order valence-electron chi connectivity index (χ1n) is 6.15. The van der Waals surface area contributed by atoms with Crippen LogP contribution in [0.5, 0.6) is 0 Å². The van der Waals surface area contributed by atoms with Gasteiger partial charge in [0, 0.05) is 0 Å². The third kappa shape index (κ3) is 3.51. The molecule has 1 rings (SSSR count). The van der Waals surface area contributed by atoms with Gasteiger partial charge in [0.25, 0.3) is 0 Å². The van der Waals surface area contributed by atoms with Crippen LogP contribution in [-0.2, 0) is 6.42 Å². The second kappa shape index (κ2) is 6.12. The highest BCUT2D eigenvalue weighted by molar-refractivity contribution is 5.31. The Hall–Kier alpha value is -0.930. The molecule has 0 heterocycles. The maximum atomic E-state index is 13.8. The van der Waals surface area contributed by atoms with E-state index in [1.165, 1.54) is 0 Å². The van der Waals surface area contributed by atoms with Gasteiger partial charge in [-0.2, -0.15) is 0 Å². The molecule has 1 atom stereocenters. The summed E-state index contributed by atoms with van der Waals surface area (Å²) in [6, 6.07) is 3.54. The first-order chi connectivity index (χ1) is 7.99. The van der Waals surface area contributed by atoms with Crippen molar-refractivity contribution in [3.8, 4) is 0 Å². The minimum absolute atomic E-state index is 0.118. The van der Waals surface area contributed by atoms with Gasteiger partial charge in [-0.15, -0.1) is 0 Å². The van der Waals surface area contributed by atoms with Crippen molar-refractivity contribution in [2.45, 2.75) is 27.2 Å². The maximum absolute atomic E-state index is 13.8. The SMILES string of the molecule is Cc1cc(F)c(CC(C)C(CN)CN)cc1C. The van der Waals surface area contributed by atoms with Crippen LogP contribution in [0.2, 0.25) is 0 Å². The minimum Gasteiger partial charge on any atom is -0.330 e. The molecular formula is C14H23FN2. The Kier molecular flexibility index (Phi) is 5.09. The largest absolute Gasteiger partial charge is 0.330 e. The van der Waals surface area contributed by atoms with Crippen LogP contribution in [0.3, 0.4) is 0 Å². The van der Waals surface area contributed by atoms with Crippen LogP contribution >= 0.6 is 0 Å². The van der Waals surface area contributed by atoms with Crippen molar-refractivity contribution in [1.82, 2.24) is 0 Å². The van der Waals surface area contributed by atoms with Gasteiger partial charge in [0.2, 0.25) is 0 Å². The second-order valence-electron chi connectivity index (χ2n) is 4.94. The standard InChI is InChI=1S/C14H23FN2/c1-9-4-12(14(15)6-10(9)2)5-11(3)13(7-16)8-17/h4,6,11,13H,5,7-8,16-17H2,1-3H3. The molecule has 1 aromatic rings. The van der Waals surface area contributed by atoms with Gasteiger partial charge in [-0.3, -0.25) is 0 Å². The van der Waals surface area contributed by atoms with Gasteiger partial charge in [0.15, 0.2) is 0 Å². The average molecular weight is 238 g/mol. The number of halogens is 1. The van der Waals surface area contributed by atoms with E-state index in [1.54, 1.807) is 6.07 Å². The van der Waals surface area contributed by atoms with E-state index in [4.69, 9.17) is 11.5 Å². The van der Waals surface area contributed by atoms with Crippen LogP contribution < -0.4 is 11.5 Å². The molecule has 0 saturated carbocycles. The van der Waals surface area contributed by atoms with E-state index in [0.717, 1.165) is 16.7 Å². The number of nitrogens with two attached hydrogens (primary N) is 2. The molecule has 0 aliphatic rings. The molecule has 1 aromatic carbocycles. The molecule has 0 saturated heterocycles. The maximum Gasteiger partial charge on any atom is 0.126 e. The highest BCUT2D eigenvalue weighted by Crippen LogP contribution is 2.21. The summed E-state index contributed by atoms with van der Waals surface area (Å²) in [7, 11) is 0. The lowest BCUT2D eigenvalue weighted by atomic mass is 9.87. The summed E-state index contributed by atoms with van der Waals surface area (Å²) in [5.74, 6) is 0.449. The van der Waals surface area contributed by atoms with Gasteiger partial charge < -0.3 is 11.5 Å². The van der Waals surface area contributed by atoms with Crippen molar-refractivity contribution in [2.75, 3.05) is 13.1 Å². The minimum atomic E-state index is -0.118. The van der Waals surface area contributed by atoms with Crippen molar-refractivity contribution in [3.63, 3.8) is 0 Å². The van der Waals surface area contributed by atoms with E-state index in [1.807, 2.05) is 19.9 Å². The molecule has 96 valence electrons. The molecular weight excluding hydrogens is 215 g/mol. The molecule has 4 N–H and O–H groups in total. The van der Waals surface area contributed by atoms with E-state index in [0.29, 0.717) is 25.4 Å². The summed E-state index contributed by atoms with van der Waals surface area (Å²) in [5, 5.41) is 0. The van der Waals surface area contributed by atoms with Crippen LogP contribution in [0.1, 0.15) is 23.6 Å². The summed E-state index contributed by atoms with van der Waals surface area (Å²) in [6.07, 6.45) is 0.700. The Balaban J connectivity index is 2.84. The molecule has 0 spiro atoms. The van der Waals surface area contributed by atoms with E-state index in [2.05, 4.69) is 6.92 Å². The van der Waals surface area contributed by atoms with Crippen LogP contribution in [0.4, 0.5) is 4.39 Å².